The number of nitrogens with zero attached hydrogens (tertiary/aromatic N) is 2. The molecule has 1 heterocycles. The summed E-state index contributed by atoms with van der Waals surface area (Å²) in [5.74, 6) is 0.108. The van der Waals surface area contributed by atoms with Crippen LogP contribution in [0.3, 0.4) is 0 Å². The van der Waals surface area contributed by atoms with E-state index in [9.17, 15) is 10.1 Å². The van der Waals surface area contributed by atoms with Crippen molar-refractivity contribution in [3.05, 3.63) is 58.8 Å². The molecule has 6 heteroatoms. The molecular formula is C19H21N3O2S. The van der Waals surface area contributed by atoms with Gasteiger partial charge in [0.15, 0.2) is 0 Å². The molecule has 25 heavy (non-hydrogen) atoms. The molecule has 0 saturated carbocycles. The van der Waals surface area contributed by atoms with Crippen molar-refractivity contribution in [3.8, 4) is 6.07 Å². The number of nitrogens with one attached hydrogen (secondary N) is 1. The number of amides is 1. The first-order chi connectivity index (χ1) is 12.0. The van der Waals surface area contributed by atoms with Gasteiger partial charge in [0.25, 0.3) is 0 Å². The summed E-state index contributed by atoms with van der Waals surface area (Å²) in [6.45, 7) is 4.15. The molecule has 0 bridgehead atoms. The Morgan fingerprint density at radius 1 is 1.40 bits per heavy atom. The standard InChI is InChI=1S/C19H21N3O2S/c1-13-9-16(11-24-3)17(10-20)19(21-13)25-12-18(23)22-14(2)15-7-5-4-6-8-15/h4-9,14H,11-12H2,1-3H3,(H,22,23)/t14-/m1/s1. The van der Waals surface area contributed by atoms with Crippen molar-refractivity contribution in [1.82, 2.24) is 10.3 Å². The Kier molecular flexibility index (Phi) is 6.99. The van der Waals surface area contributed by atoms with Gasteiger partial charge in [-0.15, -0.1) is 0 Å². The van der Waals surface area contributed by atoms with Crippen LogP contribution in [-0.2, 0) is 16.1 Å². The van der Waals surface area contributed by atoms with Crippen LogP contribution in [0.4, 0.5) is 0 Å². The number of hydrogen-bond donors (Lipinski definition) is 1. The van der Waals surface area contributed by atoms with Gasteiger partial charge in [0.05, 0.1) is 24.0 Å². The topological polar surface area (TPSA) is 75.0 Å². The maximum Gasteiger partial charge on any atom is 0.230 e. The smallest absolute Gasteiger partial charge is 0.230 e. The van der Waals surface area contributed by atoms with Crippen LogP contribution in [0.25, 0.3) is 0 Å². The molecule has 130 valence electrons. The van der Waals surface area contributed by atoms with Crippen molar-refractivity contribution in [2.75, 3.05) is 12.9 Å². The summed E-state index contributed by atoms with van der Waals surface area (Å²) in [4.78, 5) is 16.6. The van der Waals surface area contributed by atoms with Gasteiger partial charge < -0.3 is 10.1 Å². The van der Waals surface area contributed by atoms with E-state index in [1.54, 1.807) is 7.11 Å². The highest BCUT2D eigenvalue weighted by Gasteiger charge is 2.15. The molecule has 2 rings (SSSR count). The van der Waals surface area contributed by atoms with Gasteiger partial charge in [-0.1, -0.05) is 42.1 Å². The summed E-state index contributed by atoms with van der Waals surface area (Å²) in [6.07, 6.45) is 0. The first kappa shape index (κ1) is 19.0. The summed E-state index contributed by atoms with van der Waals surface area (Å²) in [5, 5.41) is 12.9. The van der Waals surface area contributed by atoms with Crippen LogP contribution >= 0.6 is 11.8 Å². The minimum atomic E-state index is -0.0955. The van der Waals surface area contributed by atoms with Gasteiger partial charge in [0, 0.05) is 12.8 Å². The van der Waals surface area contributed by atoms with Crippen LogP contribution in [0.2, 0.25) is 0 Å². The van der Waals surface area contributed by atoms with Crippen molar-refractivity contribution in [3.63, 3.8) is 0 Å². The number of benzene rings is 1. The van der Waals surface area contributed by atoms with Gasteiger partial charge in [-0.2, -0.15) is 5.26 Å². The second-order valence-electron chi connectivity index (χ2n) is 5.64. The second kappa shape index (κ2) is 9.21. The van der Waals surface area contributed by atoms with Crippen molar-refractivity contribution >= 4 is 17.7 Å². The quantitative estimate of drug-likeness (QED) is 0.771. The lowest BCUT2D eigenvalue weighted by Crippen LogP contribution is -2.28. The van der Waals surface area contributed by atoms with Crippen LogP contribution in [0, 0.1) is 18.3 Å². The Balaban J connectivity index is 2.03. The average molecular weight is 355 g/mol. The van der Waals surface area contributed by atoms with Crippen LogP contribution in [-0.4, -0.2) is 23.8 Å². The maximum absolute atomic E-state index is 12.2. The normalized spacial score (nSPS) is 11.6. The Hall–Kier alpha value is -2.36. The molecular weight excluding hydrogens is 334 g/mol. The summed E-state index contributed by atoms with van der Waals surface area (Å²) in [5.41, 5.74) is 3.11. The third kappa shape index (κ3) is 5.31. The molecule has 1 aromatic heterocycles. The Bertz CT molecular complexity index is 772. The largest absolute Gasteiger partial charge is 0.380 e. The molecule has 0 aliphatic rings. The minimum absolute atomic E-state index is 0.0701. The molecule has 0 fully saturated rings. The van der Waals surface area contributed by atoms with Crippen molar-refractivity contribution in [2.24, 2.45) is 0 Å². The van der Waals surface area contributed by atoms with E-state index in [1.165, 1.54) is 11.8 Å². The maximum atomic E-state index is 12.2. The summed E-state index contributed by atoms with van der Waals surface area (Å²) < 4.78 is 5.14. The van der Waals surface area contributed by atoms with Gasteiger partial charge in [-0.3, -0.25) is 4.79 Å². The van der Waals surface area contributed by atoms with E-state index >= 15 is 0 Å². The molecule has 0 unspecified atom stereocenters. The fourth-order valence-electron chi connectivity index (χ4n) is 2.45. The number of hydrogen-bond acceptors (Lipinski definition) is 5. The van der Waals surface area contributed by atoms with Crippen LogP contribution in [0.15, 0.2) is 41.4 Å². The molecule has 5 nitrogen and oxygen atoms in total. The molecule has 0 saturated heterocycles. The number of pyridine rings is 1. The number of aryl methyl sites for hydroxylation is 1. The lowest BCUT2D eigenvalue weighted by molar-refractivity contribution is -0.119. The van der Waals surface area contributed by atoms with Gasteiger partial charge in [-0.05, 0) is 31.0 Å². The first-order valence-electron chi connectivity index (χ1n) is 7.91. The fourth-order valence-corrected chi connectivity index (χ4v) is 3.33. The molecule has 1 aromatic carbocycles. The SMILES string of the molecule is COCc1cc(C)nc(SCC(=O)N[C@H](C)c2ccccc2)c1C#N. The number of methoxy groups -OCH3 is 1. The van der Waals surface area contributed by atoms with Crippen molar-refractivity contribution in [1.29, 1.82) is 5.26 Å². The Morgan fingerprint density at radius 3 is 2.76 bits per heavy atom. The molecule has 0 spiro atoms. The molecule has 1 N–H and O–H groups in total. The molecule has 1 amide bonds. The highest BCUT2D eigenvalue weighted by Crippen LogP contribution is 2.24. The zero-order valence-corrected chi connectivity index (χ0v) is 15.4. The van der Waals surface area contributed by atoms with Crippen molar-refractivity contribution < 1.29 is 9.53 Å². The lowest BCUT2D eigenvalue weighted by atomic mass is 10.1. The molecule has 0 aliphatic carbocycles. The highest BCUT2D eigenvalue weighted by atomic mass is 32.2. The number of rotatable bonds is 7. The zero-order valence-electron chi connectivity index (χ0n) is 14.6. The molecule has 2 aromatic rings. The highest BCUT2D eigenvalue weighted by molar-refractivity contribution is 8.00. The number of ether oxygens (including phenoxy) is 1. The van der Waals surface area contributed by atoms with E-state index in [2.05, 4.69) is 16.4 Å². The Morgan fingerprint density at radius 2 is 2.12 bits per heavy atom. The predicted molar refractivity (Wildman–Crippen MR) is 98.1 cm³/mol. The molecule has 0 aliphatic heterocycles. The molecule has 1 atom stereocenters. The lowest BCUT2D eigenvalue weighted by Gasteiger charge is -2.14. The van der Waals surface area contributed by atoms with Crippen LogP contribution in [0.1, 0.15) is 35.3 Å². The third-order valence-corrected chi connectivity index (χ3v) is 4.60. The zero-order chi connectivity index (χ0) is 18.2. The number of aromatic nitrogens is 1. The second-order valence-corrected chi connectivity index (χ2v) is 6.60. The van der Waals surface area contributed by atoms with Crippen molar-refractivity contribution in [2.45, 2.75) is 31.5 Å². The minimum Gasteiger partial charge on any atom is -0.380 e. The van der Waals surface area contributed by atoms with Crippen LogP contribution < -0.4 is 5.32 Å². The number of thioether (sulfide) groups is 1. The van der Waals surface area contributed by atoms with E-state index in [-0.39, 0.29) is 17.7 Å². The number of nitriles is 1. The van der Waals surface area contributed by atoms with E-state index in [0.29, 0.717) is 17.2 Å². The molecule has 0 radical (unpaired) electrons. The number of carbonyl (C=O) groups is 1. The predicted octanol–water partition coefficient (Wildman–Crippen LogP) is 3.38. The Labute approximate surface area is 152 Å². The van der Waals surface area contributed by atoms with Crippen LogP contribution in [0.5, 0.6) is 0 Å². The average Bonchev–Trinajstić information content (AvgIpc) is 2.60. The third-order valence-electron chi connectivity index (χ3n) is 3.62. The summed E-state index contributed by atoms with van der Waals surface area (Å²) >= 11 is 1.27. The van der Waals surface area contributed by atoms with E-state index in [1.807, 2.05) is 50.2 Å². The fraction of sp³-hybridized carbons (Fsp3) is 0.316. The van der Waals surface area contributed by atoms with E-state index in [0.717, 1.165) is 16.8 Å². The van der Waals surface area contributed by atoms with Gasteiger partial charge in [-0.25, -0.2) is 4.98 Å². The van der Waals surface area contributed by atoms with E-state index < -0.39 is 0 Å². The monoisotopic (exact) mass is 355 g/mol. The van der Waals surface area contributed by atoms with Gasteiger partial charge in [0.2, 0.25) is 5.91 Å². The van der Waals surface area contributed by atoms with E-state index in [4.69, 9.17) is 4.74 Å². The number of carbonyl (C=O) groups excluding carboxylic acids is 1. The van der Waals surface area contributed by atoms with Gasteiger partial charge in [0.1, 0.15) is 11.1 Å². The first-order valence-corrected chi connectivity index (χ1v) is 8.90. The van der Waals surface area contributed by atoms with Gasteiger partial charge >= 0.3 is 0 Å². The summed E-state index contributed by atoms with van der Waals surface area (Å²) in [7, 11) is 1.59. The summed E-state index contributed by atoms with van der Waals surface area (Å²) in [6, 6.07) is 13.7.